The molecule has 0 saturated heterocycles. The largest absolute Gasteiger partial charge is 0.364 e. The molecule has 2 N–H and O–H groups in total. The average molecular weight is 271 g/mol. The van der Waals surface area contributed by atoms with Crippen molar-refractivity contribution >= 4 is 12.0 Å². The number of carbonyl (C=O) groups is 1. The molecule has 0 spiro atoms. The number of primary amides is 1. The van der Waals surface area contributed by atoms with E-state index in [2.05, 4.69) is 5.10 Å². The number of fused-ring (bicyclic) bond motifs is 1. The maximum Gasteiger partial charge on any atom is 0.267 e. The van der Waals surface area contributed by atoms with E-state index in [0.717, 1.165) is 11.1 Å². The van der Waals surface area contributed by atoms with Crippen molar-refractivity contribution in [3.05, 3.63) is 41.4 Å². The van der Waals surface area contributed by atoms with Crippen LogP contribution in [0.15, 0.2) is 24.5 Å². The number of aryl methyl sites for hydroxylation is 2. The normalized spacial score (nSPS) is 12.5. The molecule has 1 aromatic carbocycles. The third kappa shape index (κ3) is 1.73. The molecular weight excluding hydrogens is 258 g/mol. The van der Waals surface area contributed by atoms with Gasteiger partial charge in [-0.15, -0.1) is 0 Å². The summed E-state index contributed by atoms with van der Waals surface area (Å²) >= 11 is 0. The van der Waals surface area contributed by atoms with E-state index in [9.17, 15) is 4.79 Å². The lowest BCUT2D eigenvalue weighted by atomic mass is 9.99. The van der Waals surface area contributed by atoms with Gasteiger partial charge >= 0.3 is 0 Å². The van der Waals surface area contributed by atoms with E-state index in [1.807, 2.05) is 25.1 Å². The molecule has 2 heterocycles. The van der Waals surface area contributed by atoms with Crippen LogP contribution in [0.5, 0.6) is 5.75 Å². The first-order chi connectivity index (χ1) is 9.59. The van der Waals surface area contributed by atoms with Crippen LogP contribution in [0.25, 0.3) is 17.2 Å². The third-order valence-corrected chi connectivity index (χ3v) is 3.21. The molecular formula is C14H13N3O3. The van der Waals surface area contributed by atoms with Gasteiger partial charge in [0.15, 0.2) is 5.75 Å². The van der Waals surface area contributed by atoms with Gasteiger partial charge in [-0.05, 0) is 13.0 Å². The molecule has 0 fully saturated rings. The molecule has 0 atom stereocenters. The van der Waals surface area contributed by atoms with Gasteiger partial charge in [0, 0.05) is 23.7 Å². The Bertz CT molecular complexity index is 732. The SMILES string of the molecule is Cc1nn(C)c(C(N)=O)c1-c1cccc2c1OOC=C2. The van der Waals surface area contributed by atoms with Crippen LogP contribution in [0.4, 0.5) is 0 Å². The van der Waals surface area contributed by atoms with Crippen molar-refractivity contribution < 1.29 is 14.6 Å². The van der Waals surface area contributed by atoms with Gasteiger partial charge in [0.25, 0.3) is 5.91 Å². The van der Waals surface area contributed by atoms with E-state index < -0.39 is 5.91 Å². The van der Waals surface area contributed by atoms with Crippen LogP contribution < -0.4 is 10.6 Å². The smallest absolute Gasteiger partial charge is 0.267 e. The fourth-order valence-corrected chi connectivity index (χ4v) is 2.42. The lowest BCUT2D eigenvalue weighted by Crippen LogP contribution is -2.17. The molecule has 0 bridgehead atoms. The van der Waals surface area contributed by atoms with Crippen molar-refractivity contribution in [1.82, 2.24) is 9.78 Å². The molecule has 0 unspecified atom stereocenters. The second-order valence-electron chi connectivity index (χ2n) is 4.50. The van der Waals surface area contributed by atoms with E-state index in [-0.39, 0.29) is 0 Å². The van der Waals surface area contributed by atoms with Gasteiger partial charge in [0.2, 0.25) is 0 Å². The molecule has 6 heteroatoms. The van der Waals surface area contributed by atoms with Crippen molar-refractivity contribution in [2.24, 2.45) is 12.8 Å². The fourth-order valence-electron chi connectivity index (χ4n) is 2.42. The Balaban J connectivity index is 2.30. The molecule has 0 saturated carbocycles. The van der Waals surface area contributed by atoms with Crippen molar-refractivity contribution in [2.75, 3.05) is 0 Å². The first kappa shape index (κ1) is 12.3. The quantitative estimate of drug-likeness (QED) is 0.844. The number of carbonyl (C=O) groups excluding carboxylic acids is 1. The average Bonchev–Trinajstić information content (AvgIpc) is 2.73. The zero-order valence-corrected chi connectivity index (χ0v) is 11.1. The van der Waals surface area contributed by atoms with Gasteiger partial charge in [0.1, 0.15) is 12.0 Å². The third-order valence-electron chi connectivity index (χ3n) is 3.21. The minimum atomic E-state index is -0.534. The second-order valence-corrected chi connectivity index (χ2v) is 4.50. The Labute approximate surface area is 115 Å². The topological polar surface area (TPSA) is 79.4 Å². The Kier molecular flexibility index (Phi) is 2.71. The molecule has 0 radical (unpaired) electrons. The van der Waals surface area contributed by atoms with Crippen LogP contribution in [-0.4, -0.2) is 15.7 Å². The van der Waals surface area contributed by atoms with Crippen LogP contribution in [0.2, 0.25) is 0 Å². The number of benzene rings is 1. The van der Waals surface area contributed by atoms with Gasteiger partial charge in [-0.2, -0.15) is 5.10 Å². The molecule has 2 aromatic rings. The Hall–Kier alpha value is -2.76. The lowest BCUT2D eigenvalue weighted by Gasteiger charge is -2.15. The Morgan fingerprint density at radius 2 is 2.20 bits per heavy atom. The molecule has 1 aliphatic heterocycles. The summed E-state index contributed by atoms with van der Waals surface area (Å²) in [5.41, 5.74) is 8.76. The molecule has 1 amide bonds. The number of nitrogens with two attached hydrogens (primary N) is 1. The zero-order chi connectivity index (χ0) is 14.3. The number of nitrogens with zero attached hydrogens (tertiary/aromatic N) is 2. The first-order valence-electron chi connectivity index (χ1n) is 6.06. The number of amides is 1. The van der Waals surface area contributed by atoms with Gasteiger partial charge in [-0.3, -0.25) is 19.3 Å². The van der Waals surface area contributed by atoms with Crippen LogP contribution in [0.3, 0.4) is 0 Å². The number of hydrogen-bond donors (Lipinski definition) is 1. The van der Waals surface area contributed by atoms with Crippen LogP contribution in [0.1, 0.15) is 21.7 Å². The highest BCUT2D eigenvalue weighted by Gasteiger charge is 2.24. The Morgan fingerprint density at radius 1 is 1.40 bits per heavy atom. The van der Waals surface area contributed by atoms with Crippen molar-refractivity contribution in [3.63, 3.8) is 0 Å². The van der Waals surface area contributed by atoms with Gasteiger partial charge < -0.3 is 5.73 Å². The summed E-state index contributed by atoms with van der Waals surface area (Å²) in [5.74, 6) is 0.0153. The molecule has 0 aliphatic carbocycles. The lowest BCUT2D eigenvalue weighted by molar-refractivity contribution is -0.150. The maximum absolute atomic E-state index is 11.7. The summed E-state index contributed by atoms with van der Waals surface area (Å²) in [7, 11) is 1.68. The Morgan fingerprint density at radius 3 is 2.95 bits per heavy atom. The van der Waals surface area contributed by atoms with Crippen molar-refractivity contribution in [1.29, 1.82) is 0 Å². The van der Waals surface area contributed by atoms with Crippen LogP contribution in [0, 0.1) is 6.92 Å². The summed E-state index contributed by atoms with van der Waals surface area (Å²) in [4.78, 5) is 21.8. The van der Waals surface area contributed by atoms with Gasteiger partial charge in [0.05, 0.1) is 5.69 Å². The second kappa shape index (κ2) is 4.41. The highest BCUT2D eigenvalue weighted by molar-refractivity contribution is 6.00. The fraction of sp³-hybridized carbons (Fsp3) is 0.143. The van der Waals surface area contributed by atoms with Gasteiger partial charge in [-0.25, -0.2) is 0 Å². The van der Waals surface area contributed by atoms with E-state index in [0.29, 0.717) is 22.7 Å². The molecule has 102 valence electrons. The minimum absolute atomic E-state index is 0.342. The number of para-hydroxylation sites is 1. The van der Waals surface area contributed by atoms with E-state index in [1.165, 1.54) is 10.9 Å². The summed E-state index contributed by atoms with van der Waals surface area (Å²) in [6.07, 6.45) is 3.25. The monoisotopic (exact) mass is 271 g/mol. The number of rotatable bonds is 2. The molecule has 1 aliphatic rings. The van der Waals surface area contributed by atoms with Crippen molar-refractivity contribution in [2.45, 2.75) is 6.92 Å². The molecule has 6 nitrogen and oxygen atoms in total. The molecule has 3 rings (SSSR count). The summed E-state index contributed by atoms with van der Waals surface area (Å²) < 4.78 is 1.48. The van der Waals surface area contributed by atoms with E-state index in [4.69, 9.17) is 15.5 Å². The number of aromatic nitrogens is 2. The van der Waals surface area contributed by atoms with Gasteiger partial charge in [-0.1, -0.05) is 18.2 Å². The predicted octanol–water partition coefficient (Wildman–Crippen LogP) is 1.79. The predicted molar refractivity (Wildman–Crippen MR) is 72.6 cm³/mol. The van der Waals surface area contributed by atoms with Crippen LogP contribution >= 0.6 is 0 Å². The molecule has 1 aromatic heterocycles. The number of hydrogen-bond acceptors (Lipinski definition) is 4. The first-order valence-corrected chi connectivity index (χ1v) is 6.06. The zero-order valence-electron chi connectivity index (χ0n) is 11.1. The molecule has 20 heavy (non-hydrogen) atoms. The van der Waals surface area contributed by atoms with Crippen molar-refractivity contribution in [3.8, 4) is 16.9 Å². The van der Waals surface area contributed by atoms with Crippen LogP contribution in [-0.2, 0) is 11.9 Å². The van der Waals surface area contributed by atoms with E-state index in [1.54, 1.807) is 13.1 Å². The minimum Gasteiger partial charge on any atom is -0.364 e. The highest BCUT2D eigenvalue weighted by Crippen LogP contribution is 2.38. The standard InChI is InChI=1S/C14H13N3O3/c1-8-11(12(14(15)18)17(2)16-8)10-5-3-4-9-6-7-19-20-13(9)10/h3-7H,1-2H3,(H2,15,18). The highest BCUT2D eigenvalue weighted by atomic mass is 17.2. The summed E-state index contributed by atoms with van der Waals surface area (Å²) in [6, 6.07) is 5.62. The summed E-state index contributed by atoms with van der Waals surface area (Å²) in [5, 5.41) is 4.26. The maximum atomic E-state index is 11.7. The van der Waals surface area contributed by atoms with E-state index >= 15 is 0 Å². The summed E-state index contributed by atoms with van der Waals surface area (Å²) in [6.45, 7) is 1.82.